The highest BCUT2D eigenvalue weighted by Crippen LogP contribution is 2.27. The number of anilines is 1. The van der Waals surface area contributed by atoms with Crippen LogP contribution in [0.1, 0.15) is 38.2 Å². The van der Waals surface area contributed by atoms with Gasteiger partial charge in [-0.25, -0.2) is 8.42 Å². The first-order chi connectivity index (χ1) is 13.6. The lowest BCUT2D eigenvalue weighted by atomic mass is 9.97. The third-order valence-corrected chi connectivity index (χ3v) is 6.47. The molecule has 0 aromatic heterocycles. The first-order valence-corrected chi connectivity index (χ1v) is 12.0. The minimum absolute atomic E-state index is 0.0245. The molecule has 1 amide bonds. The van der Waals surface area contributed by atoms with Gasteiger partial charge in [0.2, 0.25) is 15.9 Å². The van der Waals surface area contributed by atoms with Gasteiger partial charge >= 0.3 is 5.97 Å². The summed E-state index contributed by atoms with van der Waals surface area (Å²) in [5, 5.41) is 0.458. The molecule has 9 heteroatoms. The van der Waals surface area contributed by atoms with Crippen LogP contribution in [0.25, 0.3) is 0 Å². The topological polar surface area (TPSA) is 84.0 Å². The summed E-state index contributed by atoms with van der Waals surface area (Å²) in [4.78, 5) is 26.1. The fraction of sp³-hybridized carbons (Fsp3) is 0.600. The van der Waals surface area contributed by atoms with Crippen LogP contribution in [-0.2, 0) is 24.3 Å². The van der Waals surface area contributed by atoms with E-state index in [1.54, 1.807) is 30.0 Å². The van der Waals surface area contributed by atoms with E-state index in [4.69, 9.17) is 16.3 Å². The van der Waals surface area contributed by atoms with Crippen LogP contribution >= 0.6 is 11.6 Å². The molecule has 1 heterocycles. The zero-order chi connectivity index (χ0) is 21.6. The van der Waals surface area contributed by atoms with Crippen molar-refractivity contribution in [3.05, 3.63) is 28.8 Å². The summed E-state index contributed by atoms with van der Waals surface area (Å²) in [6.45, 7) is 5.20. The highest BCUT2D eigenvalue weighted by atomic mass is 35.5. The Labute approximate surface area is 178 Å². The Hall–Kier alpha value is -1.80. The Balaban J connectivity index is 1.91. The largest absolute Gasteiger partial charge is 0.466 e. The van der Waals surface area contributed by atoms with Crippen molar-refractivity contribution in [2.24, 2.45) is 5.92 Å². The average Bonchev–Trinajstić information content (AvgIpc) is 2.66. The molecule has 1 aromatic carbocycles. The minimum atomic E-state index is -3.50. The molecular formula is C20H29ClN2O5S. The number of hydrogen-bond donors (Lipinski definition) is 0. The first-order valence-electron chi connectivity index (χ1n) is 9.81. The molecule has 2 rings (SSSR count). The number of sulfonamides is 1. The van der Waals surface area contributed by atoms with Crippen LogP contribution in [0.4, 0.5) is 5.69 Å². The third-order valence-electron chi connectivity index (χ3n) is 5.06. The zero-order valence-electron chi connectivity index (χ0n) is 17.2. The summed E-state index contributed by atoms with van der Waals surface area (Å²) in [6.07, 6.45) is 2.99. The molecule has 0 spiro atoms. The van der Waals surface area contributed by atoms with Crippen LogP contribution in [0.3, 0.4) is 0 Å². The molecule has 1 saturated heterocycles. The maximum absolute atomic E-state index is 12.5. The van der Waals surface area contributed by atoms with Crippen molar-refractivity contribution in [3.63, 3.8) is 0 Å². The van der Waals surface area contributed by atoms with Crippen molar-refractivity contribution >= 4 is 39.2 Å². The summed E-state index contributed by atoms with van der Waals surface area (Å²) in [7, 11) is -3.50. The van der Waals surface area contributed by atoms with Crippen LogP contribution in [0.15, 0.2) is 18.2 Å². The van der Waals surface area contributed by atoms with Gasteiger partial charge in [-0.05, 0) is 50.8 Å². The van der Waals surface area contributed by atoms with Crippen LogP contribution in [0, 0.1) is 12.8 Å². The molecule has 0 radical (unpaired) electrons. The molecule has 0 unspecified atom stereocenters. The van der Waals surface area contributed by atoms with E-state index in [1.807, 2.05) is 6.92 Å². The molecule has 1 aliphatic rings. The lowest BCUT2D eigenvalue weighted by Crippen LogP contribution is -2.41. The number of ether oxygens (including phenoxy) is 1. The second-order valence-electron chi connectivity index (χ2n) is 7.28. The van der Waals surface area contributed by atoms with E-state index >= 15 is 0 Å². The van der Waals surface area contributed by atoms with Crippen molar-refractivity contribution in [1.82, 2.24) is 4.90 Å². The highest BCUT2D eigenvalue weighted by Gasteiger charge is 2.28. The predicted molar refractivity (Wildman–Crippen MR) is 114 cm³/mol. The number of aryl methyl sites for hydroxylation is 1. The number of hydrogen-bond acceptors (Lipinski definition) is 5. The number of halogens is 1. The van der Waals surface area contributed by atoms with Crippen LogP contribution in [-0.4, -0.2) is 57.7 Å². The van der Waals surface area contributed by atoms with Gasteiger partial charge in [0.25, 0.3) is 0 Å². The van der Waals surface area contributed by atoms with Gasteiger partial charge in [0.15, 0.2) is 0 Å². The smallest absolute Gasteiger partial charge is 0.309 e. The van der Waals surface area contributed by atoms with Crippen molar-refractivity contribution in [2.45, 2.75) is 39.5 Å². The quantitative estimate of drug-likeness (QED) is 0.575. The van der Waals surface area contributed by atoms with E-state index < -0.39 is 10.0 Å². The fourth-order valence-corrected chi connectivity index (χ4v) is 4.65. The number of likely N-dealkylation sites (tertiary alicyclic amines) is 1. The summed E-state index contributed by atoms with van der Waals surface area (Å²) in [5.41, 5.74) is 1.33. The molecule has 0 atom stereocenters. The predicted octanol–water partition coefficient (Wildman–Crippen LogP) is 3.00. The van der Waals surface area contributed by atoms with Gasteiger partial charge in [0.05, 0.1) is 24.5 Å². The lowest BCUT2D eigenvalue weighted by Gasteiger charge is -2.31. The Morgan fingerprint density at radius 2 is 1.93 bits per heavy atom. The number of piperidine rings is 1. The molecule has 0 aliphatic carbocycles. The summed E-state index contributed by atoms with van der Waals surface area (Å²) < 4.78 is 30.9. The Morgan fingerprint density at radius 1 is 1.28 bits per heavy atom. The maximum Gasteiger partial charge on any atom is 0.309 e. The number of esters is 1. The lowest BCUT2D eigenvalue weighted by molar-refractivity contribution is -0.151. The van der Waals surface area contributed by atoms with Gasteiger partial charge in [-0.3, -0.25) is 13.9 Å². The van der Waals surface area contributed by atoms with Gasteiger partial charge < -0.3 is 9.64 Å². The minimum Gasteiger partial charge on any atom is -0.466 e. The van der Waals surface area contributed by atoms with Crippen molar-refractivity contribution in [3.8, 4) is 0 Å². The van der Waals surface area contributed by atoms with Crippen LogP contribution < -0.4 is 4.31 Å². The van der Waals surface area contributed by atoms with Crippen molar-refractivity contribution < 1.29 is 22.7 Å². The SMILES string of the molecule is CCOC(=O)C1CCN(C(=O)CCCN(c2cc(Cl)ccc2C)S(C)(=O)=O)CC1. The Bertz CT molecular complexity index is 835. The number of amides is 1. The van der Waals surface area contributed by atoms with Gasteiger partial charge in [0.1, 0.15) is 0 Å². The first kappa shape index (κ1) is 23.5. The number of benzene rings is 1. The molecule has 0 bridgehead atoms. The molecule has 7 nitrogen and oxygen atoms in total. The second-order valence-corrected chi connectivity index (χ2v) is 9.62. The molecule has 162 valence electrons. The van der Waals surface area contributed by atoms with E-state index in [2.05, 4.69) is 0 Å². The average molecular weight is 445 g/mol. The normalized spacial score (nSPS) is 15.2. The second kappa shape index (κ2) is 10.3. The Morgan fingerprint density at radius 3 is 2.52 bits per heavy atom. The van der Waals surface area contributed by atoms with E-state index in [-0.39, 0.29) is 30.8 Å². The van der Waals surface area contributed by atoms with Crippen LogP contribution in [0.5, 0.6) is 0 Å². The molecule has 1 aromatic rings. The number of rotatable bonds is 8. The molecule has 1 aliphatic heterocycles. The zero-order valence-corrected chi connectivity index (χ0v) is 18.8. The standard InChI is InChI=1S/C20H29ClN2O5S/c1-4-28-20(25)16-9-12-22(13-10-16)19(24)6-5-11-23(29(3,26)27)18-14-17(21)8-7-15(18)2/h7-8,14,16H,4-6,9-13H2,1-3H3. The molecule has 0 N–H and O–H groups in total. The summed E-state index contributed by atoms with van der Waals surface area (Å²) in [6, 6.07) is 5.11. The van der Waals surface area contributed by atoms with Crippen LogP contribution in [0.2, 0.25) is 5.02 Å². The molecule has 29 heavy (non-hydrogen) atoms. The monoisotopic (exact) mass is 444 g/mol. The molecular weight excluding hydrogens is 416 g/mol. The third kappa shape index (κ3) is 6.60. The number of carbonyl (C=O) groups excluding carboxylic acids is 2. The molecule has 1 fully saturated rings. The van der Waals surface area contributed by atoms with Gasteiger partial charge in [-0.2, -0.15) is 0 Å². The van der Waals surface area contributed by atoms with Gasteiger partial charge in [-0.1, -0.05) is 17.7 Å². The number of nitrogens with zero attached hydrogens (tertiary/aromatic N) is 2. The number of carbonyl (C=O) groups is 2. The highest BCUT2D eigenvalue weighted by molar-refractivity contribution is 7.92. The summed E-state index contributed by atoms with van der Waals surface area (Å²) >= 11 is 6.04. The van der Waals surface area contributed by atoms with E-state index in [1.165, 1.54) is 4.31 Å². The maximum atomic E-state index is 12.5. The van der Waals surface area contributed by atoms with Crippen molar-refractivity contribution in [1.29, 1.82) is 0 Å². The van der Waals surface area contributed by atoms with E-state index in [9.17, 15) is 18.0 Å². The fourth-order valence-electron chi connectivity index (χ4n) is 3.47. The van der Waals surface area contributed by atoms with E-state index in [0.29, 0.717) is 49.7 Å². The van der Waals surface area contributed by atoms with E-state index in [0.717, 1.165) is 11.8 Å². The van der Waals surface area contributed by atoms with Gasteiger partial charge in [-0.15, -0.1) is 0 Å². The summed E-state index contributed by atoms with van der Waals surface area (Å²) in [5.74, 6) is -0.366. The van der Waals surface area contributed by atoms with Crippen molar-refractivity contribution in [2.75, 3.05) is 36.8 Å². The Kier molecular flexibility index (Phi) is 8.34. The molecule has 0 saturated carbocycles. The van der Waals surface area contributed by atoms with Gasteiger partial charge in [0, 0.05) is 31.1 Å².